The number of carbonyl (C=O) groups excluding carboxylic acids is 1. The van der Waals surface area contributed by atoms with Crippen LogP contribution in [0.15, 0.2) is 24.3 Å². The fraction of sp³-hybridized carbons (Fsp3) is 0.333. The first-order chi connectivity index (χ1) is 8.52. The van der Waals surface area contributed by atoms with Crippen molar-refractivity contribution >= 4 is 35.2 Å². The molecule has 0 aromatic heterocycles. The third-order valence-corrected chi connectivity index (χ3v) is 4.41. The number of amides is 1. The van der Waals surface area contributed by atoms with Crippen molar-refractivity contribution in [2.45, 2.75) is 18.3 Å². The Morgan fingerprint density at radius 3 is 2.83 bits per heavy atom. The number of hydrogen-bond acceptors (Lipinski definition) is 3. The highest BCUT2D eigenvalue weighted by Crippen LogP contribution is 2.42. The van der Waals surface area contributed by atoms with Crippen LogP contribution in [-0.4, -0.2) is 33.7 Å². The van der Waals surface area contributed by atoms with E-state index in [-0.39, 0.29) is 17.0 Å². The van der Waals surface area contributed by atoms with Crippen molar-refractivity contribution in [3.63, 3.8) is 0 Å². The lowest BCUT2D eigenvalue weighted by Gasteiger charge is -2.28. The van der Waals surface area contributed by atoms with E-state index in [0.717, 1.165) is 5.56 Å². The van der Waals surface area contributed by atoms with E-state index < -0.39 is 12.0 Å². The van der Waals surface area contributed by atoms with Gasteiger partial charge in [0, 0.05) is 10.6 Å². The number of carboxylic acid groups (broad SMARTS) is 1. The van der Waals surface area contributed by atoms with Crippen molar-refractivity contribution in [3.8, 4) is 0 Å². The van der Waals surface area contributed by atoms with Crippen molar-refractivity contribution < 1.29 is 14.7 Å². The van der Waals surface area contributed by atoms with Gasteiger partial charge in [0.15, 0.2) is 0 Å². The lowest BCUT2D eigenvalue weighted by atomic mass is 10.1. The summed E-state index contributed by atoms with van der Waals surface area (Å²) in [5.74, 6) is -0.893. The molecule has 1 aromatic carbocycles. The first-order valence-electron chi connectivity index (χ1n) is 5.42. The van der Waals surface area contributed by atoms with Crippen molar-refractivity contribution in [2.75, 3.05) is 5.75 Å². The summed E-state index contributed by atoms with van der Waals surface area (Å²) in [6.07, 6.45) is 0. The minimum Gasteiger partial charge on any atom is -0.480 e. The quantitative estimate of drug-likeness (QED) is 0.926. The van der Waals surface area contributed by atoms with Crippen LogP contribution in [0.5, 0.6) is 0 Å². The predicted molar refractivity (Wildman–Crippen MR) is 70.6 cm³/mol. The maximum absolute atomic E-state index is 11.8. The summed E-state index contributed by atoms with van der Waals surface area (Å²) in [4.78, 5) is 24.3. The largest absolute Gasteiger partial charge is 0.480 e. The number of carbonyl (C=O) groups is 2. The van der Waals surface area contributed by atoms with E-state index in [0.29, 0.717) is 5.02 Å². The van der Waals surface area contributed by atoms with Gasteiger partial charge < -0.3 is 10.0 Å². The van der Waals surface area contributed by atoms with Crippen LogP contribution in [0.2, 0.25) is 5.02 Å². The molecule has 1 amide bonds. The van der Waals surface area contributed by atoms with Crippen molar-refractivity contribution in [2.24, 2.45) is 0 Å². The van der Waals surface area contributed by atoms with E-state index in [9.17, 15) is 9.59 Å². The van der Waals surface area contributed by atoms with E-state index in [1.54, 1.807) is 12.1 Å². The molecule has 1 heterocycles. The number of carboxylic acids is 1. The maximum Gasteiger partial charge on any atom is 0.326 e. The standard InChI is InChI=1S/C12H12ClNO3S/c1-7(12(16)17)14-10(15)6-18-11(14)8-4-2-3-5-9(8)13/h2-5,7,11H,6H2,1H3,(H,16,17)/t7-,11+/m1/s1. The molecule has 1 aliphatic heterocycles. The molecule has 0 spiro atoms. The van der Waals surface area contributed by atoms with Crippen LogP contribution in [0.25, 0.3) is 0 Å². The van der Waals surface area contributed by atoms with Crippen LogP contribution in [0.4, 0.5) is 0 Å². The molecule has 96 valence electrons. The summed E-state index contributed by atoms with van der Waals surface area (Å²) in [7, 11) is 0. The Hall–Kier alpha value is -1.20. The molecule has 1 saturated heterocycles. The fourth-order valence-corrected chi connectivity index (χ4v) is 3.49. The van der Waals surface area contributed by atoms with Crippen molar-refractivity contribution in [1.29, 1.82) is 0 Å². The van der Waals surface area contributed by atoms with Crippen molar-refractivity contribution in [3.05, 3.63) is 34.9 Å². The number of aliphatic carboxylic acids is 1. The minimum atomic E-state index is -1.01. The van der Waals surface area contributed by atoms with Gasteiger partial charge in [-0.1, -0.05) is 29.8 Å². The zero-order chi connectivity index (χ0) is 13.3. The minimum absolute atomic E-state index is 0.167. The van der Waals surface area contributed by atoms with Gasteiger partial charge in [0.1, 0.15) is 11.4 Å². The van der Waals surface area contributed by atoms with Crippen LogP contribution in [-0.2, 0) is 9.59 Å². The Kier molecular flexibility index (Phi) is 3.82. The number of benzene rings is 1. The third-order valence-electron chi connectivity index (χ3n) is 2.85. The average Bonchev–Trinajstić information content (AvgIpc) is 2.70. The Balaban J connectivity index is 2.35. The van der Waals surface area contributed by atoms with Gasteiger partial charge in [-0.3, -0.25) is 4.79 Å². The molecule has 4 nitrogen and oxygen atoms in total. The zero-order valence-corrected chi connectivity index (χ0v) is 11.2. The van der Waals surface area contributed by atoms with Gasteiger partial charge in [0.25, 0.3) is 0 Å². The summed E-state index contributed by atoms with van der Waals surface area (Å²) in [5, 5.41) is 9.28. The second kappa shape index (κ2) is 5.20. The zero-order valence-electron chi connectivity index (χ0n) is 9.67. The smallest absolute Gasteiger partial charge is 0.326 e. The van der Waals surface area contributed by atoms with Gasteiger partial charge in [-0.2, -0.15) is 0 Å². The van der Waals surface area contributed by atoms with Crippen LogP contribution in [0.3, 0.4) is 0 Å². The van der Waals surface area contributed by atoms with Crippen molar-refractivity contribution in [1.82, 2.24) is 4.90 Å². The Bertz CT molecular complexity index is 494. The van der Waals surface area contributed by atoms with E-state index in [1.807, 2.05) is 12.1 Å². The average molecular weight is 286 g/mol. The van der Waals surface area contributed by atoms with Gasteiger partial charge in [-0.05, 0) is 13.0 Å². The second-order valence-electron chi connectivity index (χ2n) is 4.00. The molecule has 1 aliphatic rings. The van der Waals surface area contributed by atoms with E-state index in [1.165, 1.54) is 23.6 Å². The van der Waals surface area contributed by atoms with E-state index in [4.69, 9.17) is 16.7 Å². The Morgan fingerprint density at radius 2 is 2.22 bits per heavy atom. The highest BCUT2D eigenvalue weighted by molar-refractivity contribution is 8.00. The van der Waals surface area contributed by atoms with E-state index >= 15 is 0 Å². The molecule has 1 fully saturated rings. The molecule has 1 N–H and O–H groups in total. The van der Waals surface area contributed by atoms with Crippen LogP contribution in [0.1, 0.15) is 17.9 Å². The van der Waals surface area contributed by atoms with Gasteiger partial charge >= 0.3 is 5.97 Å². The molecular formula is C12H12ClNO3S. The van der Waals surface area contributed by atoms with Crippen LogP contribution >= 0.6 is 23.4 Å². The molecule has 0 unspecified atom stereocenters. The van der Waals surface area contributed by atoms with E-state index in [2.05, 4.69) is 0 Å². The number of hydrogen-bond donors (Lipinski definition) is 1. The highest BCUT2D eigenvalue weighted by atomic mass is 35.5. The number of halogens is 1. The van der Waals surface area contributed by atoms with Gasteiger partial charge in [0.05, 0.1) is 5.75 Å². The molecule has 2 rings (SSSR count). The summed E-state index contributed by atoms with van der Waals surface area (Å²) in [5.41, 5.74) is 0.781. The SMILES string of the molecule is C[C@H](C(=O)O)N1C(=O)CS[C@H]1c1ccccc1Cl. The lowest BCUT2D eigenvalue weighted by molar-refractivity contribution is -0.148. The summed E-state index contributed by atoms with van der Waals surface area (Å²) in [6.45, 7) is 1.51. The topological polar surface area (TPSA) is 57.6 Å². The first kappa shape index (κ1) is 13.2. The number of nitrogens with zero attached hydrogens (tertiary/aromatic N) is 1. The van der Waals surface area contributed by atoms with Crippen LogP contribution in [0, 0.1) is 0 Å². The molecule has 2 atom stereocenters. The summed E-state index contributed by atoms with van der Waals surface area (Å²) in [6, 6.07) is 6.34. The number of rotatable bonds is 3. The molecule has 0 radical (unpaired) electrons. The second-order valence-corrected chi connectivity index (χ2v) is 5.48. The molecule has 0 bridgehead atoms. The third kappa shape index (κ3) is 2.33. The molecule has 18 heavy (non-hydrogen) atoms. The summed E-state index contributed by atoms with van der Waals surface area (Å²) >= 11 is 7.50. The fourth-order valence-electron chi connectivity index (χ4n) is 1.89. The molecule has 0 saturated carbocycles. The predicted octanol–water partition coefficient (Wildman–Crippen LogP) is 2.39. The Labute approximate surface area is 114 Å². The molecule has 0 aliphatic carbocycles. The van der Waals surface area contributed by atoms with Gasteiger partial charge in [0.2, 0.25) is 5.91 Å². The first-order valence-corrected chi connectivity index (χ1v) is 6.85. The molecule has 6 heteroatoms. The normalized spacial score (nSPS) is 21.1. The van der Waals surface area contributed by atoms with Gasteiger partial charge in [-0.25, -0.2) is 4.79 Å². The molecule has 1 aromatic rings. The van der Waals surface area contributed by atoms with Crippen LogP contribution < -0.4 is 0 Å². The maximum atomic E-state index is 11.8. The highest BCUT2D eigenvalue weighted by Gasteiger charge is 2.39. The Morgan fingerprint density at radius 1 is 1.56 bits per heavy atom. The summed E-state index contributed by atoms with van der Waals surface area (Å²) < 4.78 is 0. The lowest BCUT2D eigenvalue weighted by Crippen LogP contribution is -2.41. The monoisotopic (exact) mass is 285 g/mol. The number of thioether (sulfide) groups is 1. The van der Waals surface area contributed by atoms with Gasteiger partial charge in [-0.15, -0.1) is 11.8 Å². The molecular weight excluding hydrogens is 274 g/mol.